The van der Waals surface area contributed by atoms with E-state index in [4.69, 9.17) is 37.0 Å². The lowest BCUT2D eigenvalue weighted by atomic mass is 10.0. The van der Waals surface area contributed by atoms with Crippen LogP contribution in [0.5, 0.6) is 0 Å². The van der Waals surface area contributed by atoms with Crippen LogP contribution in [0.25, 0.3) is 0 Å². The summed E-state index contributed by atoms with van der Waals surface area (Å²) in [6.07, 6.45) is 41.7. The number of ether oxygens (including phenoxy) is 4. The van der Waals surface area contributed by atoms with E-state index in [1.807, 2.05) is 0 Å². The Hall–Kier alpha value is -1.94. The topological polar surface area (TPSA) is 237 Å². The molecule has 0 rings (SSSR count). The standard InChI is InChI=1S/C64H124O17P2/c1-6-9-12-15-18-21-23-24-25-26-28-35-40-45-50-64(69)81-60(54-75-62(67)48-43-38-33-30-29-31-36-41-46-57(4)5)56-79-83(72,73)77-52-58(65)51-76-82(70,71)78-55-59(53-74-61(66)47-42-37-32-20-17-14-11-8-3)80-63(68)49-44-39-34-27-22-19-16-13-10-7-2/h57-60,65H,6-56H2,1-5H3,(H,70,71)(H,72,73)/t58-,59+,60+/m0/s1. The molecule has 492 valence electrons. The summed E-state index contributed by atoms with van der Waals surface area (Å²) in [5.41, 5.74) is 0. The number of carbonyl (C=O) groups is 4. The molecule has 0 aromatic rings. The molecule has 0 spiro atoms. The molecule has 19 heteroatoms. The van der Waals surface area contributed by atoms with Crippen molar-refractivity contribution in [3.8, 4) is 0 Å². The van der Waals surface area contributed by atoms with Gasteiger partial charge in [-0.2, -0.15) is 0 Å². The van der Waals surface area contributed by atoms with Gasteiger partial charge in [-0.25, -0.2) is 9.13 Å². The molecule has 0 aliphatic heterocycles. The van der Waals surface area contributed by atoms with Gasteiger partial charge in [0.25, 0.3) is 0 Å². The Balaban J connectivity index is 5.22. The number of esters is 4. The van der Waals surface area contributed by atoms with Gasteiger partial charge in [0.05, 0.1) is 26.4 Å². The van der Waals surface area contributed by atoms with Crippen LogP contribution in [-0.4, -0.2) is 96.7 Å². The zero-order chi connectivity index (χ0) is 61.3. The normalized spacial score (nSPS) is 14.2. The largest absolute Gasteiger partial charge is 0.472 e. The Kier molecular flexibility index (Phi) is 56.4. The van der Waals surface area contributed by atoms with Gasteiger partial charge in [-0.15, -0.1) is 0 Å². The number of aliphatic hydroxyl groups is 1. The maximum absolute atomic E-state index is 13.0. The lowest BCUT2D eigenvalue weighted by Crippen LogP contribution is -2.30. The third-order valence-electron chi connectivity index (χ3n) is 14.8. The minimum Gasteiger partial charge on any atom is -0.462 e. The van der Waals surface area contributed by atoms with E-state index >= 15 is 0 Å². The molecule has 0 heterocycles. The lowest BCUT2D eigenvalue weighted by Gasteiger charge is -2.21. The average Bonchev–Trinajstić information content (AvgIpc) is 3.45. The Morgan fingerprint density at radius 1 is 0.325 bits per heavy atom. The van der Waals surface area contributed by atoms with Crippen molar-refractivity contribution in [3.05, 3.63) is 0 Å². The van der Waals surface area contributed by atoms with Gasteiger partial charge in [0.2, 0.25) is 0 Å². The highest BCUT2D eigenvalue weighted by Gasteiger charge is 2.30. The molecule has 0 amide bonds. The van der Waals surface area contributed by atoms with Crippen molar-refractivity contribution in [3.63, 3.8) is 0 Å². The maximum atomic E-state index is 13.0. The van der Waals surface area contributed by atoms with Crippen molar-refractivity contribution in [2.75, 3.05) is 39.6 Å². The fourth-order valence-electron chi connectivity index (χ4n) is 9.58. The van der Waals surface area contributed by atoms with E-state index in [2.05, 4.69) is 34.6 Å². The van der Waals surface area contributed by atoms with E-state index in [0.29, 0.717) is 25.7 Å². The molecule has 0 saturated carbocycles. The summed E-state index contributed by atoms with van der Waals surface area (Å²) in [6.45, 7) is 7.13. The van der Waals surface area contributed by atoms with Gasteiger partial charge in [-0.3, -0.25) is 37.3 Å². The first-order valence-electron chi connectivity index (χ1n) is 33.6. The molecule has 0 fully saturated rings. The SMILES string of the molecule is CCCCCCCCCCCCCCCCC(=O)O[C@H](COC(=O)CCCCCCCCCCC(C)C)COP(=O)(O)OC[C@@H](O)COP(=O)(O)OC[C@@H](COC(=O)CCCCCCCCCC)OC(=O)CCCCCCCCCCCC. The summed E-state index contributed by atoms with van der Waals surface area (Å²) in [5.74, 6) is -1.41. The minimum atomic E-state index is -4.94. The third-order valence-corrected chi connectivity index (χ3v) is 16.7. The molecule has 0 radical (unpaired) electrons. The molecule has 83 heavy (non-hydrogen) atoms. The number of phosphoric ester groups is 2. The van der Waals surface area contributed by atoms with Crippen LogP contribution in [-0.2, 0) is 65.4 Å². The highest BCUT2D eigenvalue weighted by molar-refractivity contribution is 7.47. The predicted molar refractivity (Wildman–Crippen MR) is 331 cm³/mol. The van der Waals surface area contributed by atoms with Crippen LogP contribution in [0.4, 0.5) is 0 Å². The number of hydrogen-bond donors (Lipinski definition) is 3. The van der Waals surface area contributed by atoms with Crippen LogP contribution in [0, 0.1) is 5.92 Å². The predicted octanol–water partition coefficient (Wildman–Crippen LogP) is 17.8. The molecule has 2 unspecified atom stereocenters. The molecule has 0 saturated heterocycles. The van der Waals surface area contributed by atoms with Crippen molar-refractivity contribution in [2.24, 2.45) is 5.92 Å². The van der Waals surface area contributed by atoms with Crippen molar-refractivity contribution < 1.29 is 80.2 Å². The number of hydrogen-bond acceptors (Lipinski definition) is 15. The quantitative estimate of drug-likeness (QED) is 0.0222. The maximum Gasteiger partial charge on any atom is 0.472 e. The van der Waals surface area contributed by atoms with Crippen LogP contribution >= 0.6 is 15.6 Å². The first kappa shape index (κ1) is 81.1. The molecule has 17 nitrogen and oxygen atoms in total. The summed E-state index contributed by atoms with van der Waals surface area (Å²) >= 11 is 0. The van der Waals surface area contributed by atoms with E-state index in [0.717, 1.165) is 102 Å². The summed E-state index contributed by atoms with van der Waals surface area (Å²) in [6, 6.07) is 0. The van der Waals surface area contributed by atoms with E-state index in [-0.39, 0.29) is 25.7 Å². The first-order chi connectivity index (χ1) is 40.0. The van der Waals surface area contributed by atoms with Crippen LogP contribution in [0.2, 0.25) is 0 Å². The summed E-state index contributed by atoms with van der Waals surface area (Å²) in [5, 5.41) is 10.5. The fourth-order valence-corrected chi connectivity index (χ4v) is 11.2. The molecule has 5 atom stereocenters. The second-order valence-corrected chi connectivity index (χ2v) is 26.5. The molecular formula is C64H124O17P2. The van der Waals surface area contributed by atoms with Crippen LogP contribution < -0.4 is 0 Å². The number of phosphoric acid groups is 2. The molecule has 0 aliphatic rings. The van der Waals surface area contributed by atoms with Gasteiger partial charge >= 0.3 is 39.5 Å². The van der Waals surface area contributed by atoms with E-state index in [1.54, 1.807) is 0 Å². The number of aliphatic hydroxyl groups excluding tert-OH is 1. The molecule has 0 aromatic heterocycles. The summed E-state index contributed by atoms with van der Waals surface area (Å²) in [7, 11) is -9.88. The lowest BCUT2D eigenvalue weighted by molar-refractivity contribution is -0.161. The van der Waals surface area contributed by atoms with Crippen molar-refractivity contribution >= 4 is 39.5 Å². The molecule has 3 N–H and O–H groups in total. The van der Waals surface area contributed by atoms with Gasteiger partial charge in [0, 0.05) is 25.7 Å². The Morgan fingerprint density at radius 2 is 0.554 bits per heavy atom. The molecule has 0 aliphatic carbocycles. The highest BCUT2D eigenvalue weighted by Crippen LogP contribution is 2.45. The van der Waals surface area contributed by atoms with Gasteiger partial charge in [-0.1, -0.05) is 272 Å². The van der Waals surface area contributed by atoms with Crippen molar-refractivity contribution in [1.29, 1.82) is 0 Å². The van der Waals surface area contributed by atoms with Gasteiger partial charge < -0.3 is 33.8 Å². The first-order valence-corrected chi connectivity index (χ1v) is 36.6. The number of unbranched alkanes of at least 4 members (excludes halogenated alkanes) is 36. The Labute approximate surface area is 505 Å². The van der Waals surface area contributed by atoms with E-state index < -0.39 is 97.5 Å². The summed E-state index contributed by atoms with van der Waals surface area (Å²) < 4.78 is 67.9. The van der Waals surface area contributed by atoms with Crippen LogP contribution in [0.15, 0.2) is 0 Å². The average molecular weight is 1230 g/mol. The second-order valence-electron chi connectivity index (χ2n) is 23.6. The van der Waals surface area contributed by atoms with Gasteiger partial charge in [0.1, 0.15) is 19.3 Å². The highest BCUT2D eigenvalue weighted by atomic mass is 31.2. The number of rotatable bonds is 64. The van der Waals surface area contributed by atoms with Crippen molar-refractivity contribution in [1.82, 2.24) is 0 Å². The second kappa shape index (κ2) is 57.8. The minimum absolute atomic E-state index is 0.106. The molecule has 0 aromatic carbocycles. The number of carbonyl (C=O) groups excluding carboxylic acids is 4. The van der Waals surface area contributed by atoms with E-state index in [9.17, 15) is 43.2 Å². The van der Waals surface area contributed by atoms with Gasteiger partial charge in [0.15, 0.2) is 12.2 Å². The molecular weight excluding hydrogens is 1100 g/mol. The fraction of sp³-hybridized carbons (Fsp3) is 0.938. The molecule has 0 bridgehead atoms. The Morgan fingerprint density at radius 3 is 0.819 bits per heavy atom. The summed E-state index contributed by atoms with van der Waals surface area (Å²) in [4.78, 5) is 72.1. The third kappa shape index (κ3) is 58.8. The van der Waals surface area contributed by atoms with E-state index in [1.165, 1.54) is 141 Å². The monoisotopic (exact) mass is 1230 g/mol. The zero-order valence-electron chi connectivity index (χ0n) is 53.3. The van der Waals surface area contributed by atoms with Crippen LogP contribution in [0.1, 0.15) is 324 Å². The van der Waals surface area contributed by atoms with Crippen molar-refractivity contribution in [2.45, 2.75) is 342 Å². The van der Waals surface area contributed by atoms with Crippen LogP contribution in [0.3, 0.4) is 0 Å². The smallest absolute Gasteiger partial charge is 0.462 e. The Bertz CT molecular complexity index is 1620. The zero-order valence-corrected chi connectivity index (χ0v) is 55.1. The van der Waals surface area contributed by atoms with Gasteiger partial charge in [-0.05, 0) is 31.6 Å².